The molecule has 0 nitrogen and oxygen atoms in total. The summed E-state index contributed by atoms with van der Waals surface area (Å²) >= 11 is -2.27. The molecule has 0 saturated heterocycles. The second-order valence-electron chi connectivity index (χ2n) is 13.6. The third-order valence-corrected chi connectivity index (χ3v) is 17.3. The van der Waals surface area contributed by atoms with Gasteiger partial charge in [-0.15, -0.1) is 0 Å². The Kier molecular flexibility index (Phi) is 10.00. The average molecular weight is 617 g/mol. The quantitative estimate of drug-likeness (QED) is 0.494. The topological polar surface area (TPSA) is 0 Å². The molecule has 4 rings (SSSR count). The van der Waals surface area contributed by atoms with Crippen LogP contribution in [0.15, 0.2) is 56.9 Å². The maximum Gasteiger partial charge on any atom is -1.00 e. The number of hydrogen-bond acceptors (Lipinski definition) is 0. The van der Waals surface area contributed by atoms with Crippen LogP contribution in [-0.4, -0.2) is 3.21 Å². The number of allylic oxidation sites excluding steroid dienone is 4. The van der Waals surface area contributed by atoms with Gasteiger partial charge in [0.1, 0.15) is 0 Å². The van der Waals surface area contributed by atoms with Gasteiger partial charge < -0.3 is 24.8 Å². The Labute approximate surface area is 247 Å². The molecule has 0 aliphatic heterocycles. The molecule has 2 aromatic carbocycles. The van der Waals surface area contributed by atoms with Crippen molar-refractivity contribution in [2.45, 2.75) is 97.5 Å². The fourth-order valence-electron chi connectivity index (χ4n) is 6.27. The summed E-state index contributed by atoms with van der Waals surface area (Å²) in [6.45, 7) is 28.6. The molecule has 200 valence electrons. The summed E-state index contributed by atoms with van der Waals surface area (Å²) < 4.78 is 4.12. The molecule has 0 bridgehead atoms. The van der Waals surface area contributed by atoms with Crippen LogP contribution >= 0.6 is 0 Å². The van der Waals surface area contributed by atoms with E-state index in [-0.39, 0.29) is 35.6 Å². The van der Waals surface area contributed by atoms with Crippen LogP contribution in [-0.2, 0) is 32.1 Å². The zero-order valence-corrected chi connectivity index (χ0v) is 29.0. The Bertz CT molecular complexity index is 1210. The number of benzene rings is 2. The molecule has 0 radical (unpaired) electrons. The Morgan fingerprint density at radius 2 is 1.22 bits per heavy atom. The van der Waals surface area contributed by atoms with E-state index in [1.807, 2.05) is 3.28 Å². The predicted octanol–water partition coefficient (Wildman–Crippen LogP) is 3.70. The van der Waals surface area contributed by atoms with Crippen LogP contribution in [0.2, 0.25) is 0 Å². The standard InChI is InChI=1S/C21H25.C10H15.C3H6.2ClH.Zr/c1-20(2,3)16-7-9-18-14(12-16)11-15-13-17(21(4,5)6)8-10-19(15)18;1-7(2)10-6-8(3)5-9(10)4;1-3-2;;;/h7-13H,1-6H3;6-8H,1-4H3;1-2H3;2*1H;/q;;;;;+2/p-2. The third-order valence-electron chi connectivity index (χ3n) is 8.21. The summed E-state index contributed by atoms with van der Waals surface area (Å²) in [6.07, 6.45) is 2.59. The van der Waals surface area contributed by atoms with Gasteiger partial charge in [0.15, 0.2) is 0 Å². The van der Waals surface area contributed by atoms with E-state index in [0.29, 0.717) is 15.5 Å². The maximum absolute atomic E-state index is 2.59. The molecule has 3 heteroatoms. The van der Waals surface area contributed by atoms with Crippen molar-refractivity contribution in [3.63, 3.8) is 0 Å². The Morgan fingerprint density at radius 3 is 1.54 bits per heavy atom. The molecule has 0 N–H and O–H groups in total. The van der Waals surface area contributed by atoms with Crippen LogP contribution in [0, 0.1) is 11.8 Å². The summed E-state index contributed by atoms with van der Waals surface area (Å²) in [5.41, 5.74) is 12.6. The number of rotatable bonds is 3. The average Bonchev–Trinajstić information content (AvgIpc) is 3.21. The molecular weight excluding hydrogens is 571 g/mol. The molecule has 0 saturated carbocycles. The summed E-state index contributed by atoms with van der Waals surface area (Å²) in [6, 6.07) is 14.8. The molecule has 0 spiro atoms. The first-order valence-corrected chi connectivity index (χ1v) is 17.4. The van der Waals surface area contributed by atoms with Crippen LogP contribution < -0.4 is 24.8 Å². The van der Waals surface area contributed by atoms with Gasteiger partial charge in [0.05, 0.1) is 0 Å². The van der Waals surface area contributed by atoms with Gasteiger partial charge in [-0.25, -0.2) is 0 Å². The Hall–Kier alpha value is -0.747. The van der Waals surface area contributed by atoms with E-state index in [1.54, 1.807) is 25.5 Å². The predicted molar refractivity (Wildman–Crippen MR) is 152 cm³/mol. The summed E-state index contributed by atoms with van der Waals surface area (Å²) in [4.78, 5) is 0. The largest absolute Gasteiger partial charge is 1.00 e. The van der Waals surface area contributed by atoms with Gasteiger partial charge in [-0.1, -0.05) is 0 Å². The van der Waals surface area contributed by atoms with Crippen LogP contribution in [0.3, 0.4) is 0 Å². The number of fused-ring (bicyclic) bond motifs is 3. The molecule has 2 aliphatic carbocycles. The van der Waals surface area contributed by atoms with E-state index in [4.69, 9.17) is 0 Å². The van der Waals surface area contributed by atoms with Gasteiger partial charge in [-0.2, -0.15) is 0 Å². The molecule has 2 aliphatic rings. The van der Waals surface area contributed by atoms with Crippen molar-refractivity contribution in [3.8, 4) is 11.1 Å². The van der Waals surface area contributed by atoms with Gasteiger partial charge in [-0.3, -0.25) is 0 Å². The van der Waals surface area contributed by atoms with Gasteiger partial charge in [0, 0.05) is 0 Å². The molecule has 37 heavy (non-hydrogen) atoms. The van der Waals surface area contributed by atoms with Crippen molar-refractivity contribution in [1.29, 1.82) is 0 Å². The van der Waals surface area contributed by atoms with Crippen LogP contribution in [0.5, 0.6) is 0 Å². The molecule has 1 unspecified atom stereocenters. The van der Waals surface area contributed by atoms with Gasteiger partial charge in [-0.05, 0) is 0 Å². The maximum atomic E-state index is 2.59. The first-order valence-electron chi connectivity index (χ1n) is 13.5. The zero-order chi connectivity index (χ0) is 26.0. The Morgan fingerprint density at radius 1 is 0.784 bits per heavy atom. The molecule has 2 aromatic rings. The summed E-state index contributed by atoms with van der Waals surface area (Å²) in [5, 5.41) is 0. The second kappa shape index (κ2) is 11.4. The SMILES string of the molecule is CC1=[C]([Zr+2](=[C](C)C)[CH]2c3cc(C(C)(C)C)ccc3-c3ccc(C(C)(C)C)cc32)C(C)C=C1C(C)C.[Cl-].[Cl-]. The first-order chi connectivity index (χ1) is 16.1. The van der Waals surface area contributed by atoms with Crippen molar-refractivity contribution in [2.75, 3.05) is 0 Å². The number of halogens is 2. The second-order valence-corrected chi connectivity index (χ2v) is 20.8. The van der Waals surface area contributed by atoms with Crippen molar-refractivity contribution in [1.82, 2.24) is 0 Å². The van der Waals surface area contributed by atoms with E-state index in [1.165, 1.54) is 22.3 Å². The Balaban J connectivity index is 0.00000241. The zero-order valence-electron chi connectivity index (χ0n) is 25.0. The molecule has 0 amide bonds. The minimum Gasteiger partial charge on any atom is -1.00 e. The fourth-order valence-corrected chi connectivity index (χ4v) is 15.2. The first kappa shape index (κ1) is 32.5. The molecular formula is C34H46Cl2Zr. The fraction of sp³-hybridized carbons (Fsp3) is 0.500. The van der Waals surface area contributed by atoms with Crippen molar-refractivity contribution < 1.29 is 46.1 Å². The van der Waals surface area contributed by atoms with E-state index < -0.39 is 21.3 Å². The normalized spacial score (nSPS) is 17.0. The number of hydrogen-bond donors (Lipinski definition) is 0. The van der Waals surface area contributed by atoms with E-state index in [9.17, 15) is 0 Å². The minimum absolute atomic E-state index is 0. The van der Waals surface area contributed by atoms with Gasteiger partial charge in [0.25, 0.3) is 0 Å². The van der Waals surface area contributed by atoms with Crippen LogP contribution in [0.1, 0.15) is 109 Å². The smallest absolute Gasteiger partial charge is 1.00 e. The molecule has 0 heterocycles. The van der Waals surface area contributed by atoms with E-state index in [2.05, 4.69) is 126 Å². The summed E-state index contributed by atoms with van der Waals surface area (Å²) in [5.74, 6) is 1.17. The van der Waals surface area contributed by atoms with Crippen molar-refractivity contribution in [3.05, 3.63) is 79.2 Å². The van der Waals surface area contributed by atoms with Crippen molar-refractivity contribution in [2.24, 2.45) is 11.8 Å². The van der Waals surface area contributed by atoms with Crippen LogP contribution in [0.4, 0.5) is 0 Å². The van der Waals surface area contributed by atoms with Gasteiger partial charge >= 0.3 is 224 Å². The van der Waals surface area contributed by atoms with E-state index in [0.717, 1.165) is 0 Å². The van der Waals surface area contributed by atoms with Crippen molar-refractivity contribution >= 4 is 3.21 Å². The molecule has 1 atom stereocenters. The monoisotopic (exact) mass is 614 g/mol. The molecule has 0 fully saturated rings. The minimum atomic E-state index is -2.27. The summed E-state index contributed by atoms with van der Waals surface area (Å²) in [7, 11) is 0. The van der Waals surface area contributed by atoms with E-state index >= 15 is 0 Å². The molecule has 0 aromatic heterocycles. The third kappa shape index (κ3) is 5.90. The van der Waals surface area contributed by atoms with Crippen LogP contribution in [0.25, 0.3) is 11.1 Å². The van der Waals surface area contributed by atoms with Gasteiger partial charge in [0.2, 0.25) is 0 Å².